The number of carbonyl (C=O) groups is 1. The first-order valence-electron chi connectivity index (χ1n) is 10.3. The number of halogens is 1. The van der Waals surface area contributed by atoms with Crippen LogP contribution in [-0.4, -0.2) is 36.0 Å². The summed E-state index contributed by atoms with van der Waals surface area (Å²) in [4.78, 5) is 24.1. The monoisotopic (exact) mass is 471 g/mol. The predicted octanol–water partition coefficient (Wildman–Crippen LogP) is 3.52. The first-order chi connectivity index (χ1) is 15.8. The number of hydrogen-bond acceptors (Lipinski definition) is 5. The summed E-state index contributed by atoms with van der Waals surface area (Å²) in [5.41, 5.74) is 0.974. The Hall–Kier alpha value is -3.22. The number of benzene rings is 2. The van der Waals surface area contributed by atoms with Crippen molar-refractivity contribution in [2.24, 2.45) is 0 Å². The molecule has 4 rings (SSSR count). The average molecular weight is 471 g/mol. The molecule has 9 heteroatoms. The van der Waals surface area contributed by atoms with Crippen molar-refractivity contribution in [1.29, 1.82) is 0 Å². The number of hydrogen-bond donors (Lipinski definition) is 1. The molecule has 0 aliphatic carbocycles. The van der Waals surface area contributed by atoms with Crippen molar-refractivity contribution < 1.29 is 28.5 Å². The second kappa shape index (κ2) is 9.33. The van der Waals surface area contributed by atoms with Gasteiger partial charge in [0.15, 0.2) is 5.43 Å². The van der Waals surface area contributed by atoms with Crippen LogP contribution in [0.4, 0.5) is 4.39 Å². The van der Waals surface area contributed by atoms with Gasteiger partial charge in [-0.15, -0.1) is 9.24 Å². The van der Waals surface area contributed by atoms with Crippen LogP contribution in [0.2, 0.25) is 0 Å². The van der Waals surface area contributed by atoms with Gasteiger partial charge in [0, 0.05) is 49.6 Å². The highest BCUT2D eigenvalue weighted by molar-refractivity contribution is 7.27. The standard InChI is InChI=1S/C24H23FNO6P/c1-13-8-16-19-10-20(27)17(24(28)29)12-26(19)23(15-5-4-14(33)9-18(15)25)32-22(16)11-21(13)31-7-3-6-30-2/h4-5,8-12,23H,3,6-7,33H2,1-2H3,(H,28,29). The zero-order valence-electron chi connectivity index (χ0n) is 18.1. The third-order valence-electron chi connectivity index (χ3n) is 5.40. The van der Waals surface area contributed by atoms with E-state index in [9.17, 15) is 19.1 Å². The molecule has 1 aliphatic heterocycles. The molecule has 3 aromatic rings. The fourth-order valence-corrected chi connectivity index (χ4v) is 4.00. The molecule has 0 saturated carbocycles. The molecular weight excluding hydrogens is 448 g/mol. The van der Waals surface area contributed by atoms with Crippen molar-refractivity contribution in [1.82, 2.24) is 4.57 Å². The Labute approximate surface area is 191 Å². The summed E-state index contributed by atoms with van der Waals surface area (Å²) in [6.45, 7) is 2.87. The maximum atomic E-state index is 14.9. The van der Waals surface area contributed by atoms with Gasteiger partial charge in [0.2, 0.25) is 6.23 Å². The highest BCUT2D eigenvalue weighted by Gasteiger charge is 2.31. The first-order valence-corrected chi connectivity index (χ1v) is 10.9. The van der Waals surface area contributed by atoms with Gasteiger partial charge in [0.25, 0.3) is 0 Å². The fourth-order valence-electron chi connectivity index (χ4n) is 3.76. The topological polar surface area (TPSA) is 87.0 Å². The van der Waals surface area contributed by atoms with E-state index in [2.05, 4.69) is 9.24 Å². The van der Waals surface area contributed by atoms with Crippen LogP contribution in [-0.2, 0) is 4.74 Å². The van der Waals surface area contributed by atoms with Gasteiger partial charge in [-0.05, 0) is 36.0 Å². The van der Waals surface area contributed by atoms with E-state index >= 15 is 0 Å². The molecule has 0 amide bonds. The van der Waals surface area contributed by atoms with E-state index in [1.54, 1.807) is 25.3 Å². The molecule has 1 aliphatic rings. The molecule has 0 fully saturated rings. The number of carboxylic acid groups (broad SMARTS) is 1. The molecule has 2 heterocycles. The Morgan fingerprint density at radius 2 is 2.03 bits per heavy atom. The number of aromatic nitrogens is 1. The molecule has 2 atom stereocenters. The van der Waals surface area contributed by atoms with Gasteiger partial charge in [-0.25, -0.2) is 9.18 Å². The second-order valence-corrected chi connectivity index (χ2v) is 8.38. The van der Waals surface area contributed by atoms with Gasteiger partial charge >= 0.3 is 5.97 Å². The van der Waals surface area contributed by atoms with Crippen LogP contribution in [0.3, 0.4) is 0 Å². The zero-order chi connectivity index (χ0) is 23.7. The minimum atomic E-state index is -1.36. The van der Waals surface area contributed by atoms with Crippen molar-refractivity contribution >= 4 is 20.5 Å². The van der Waals surface area contributed by atoms with Crippen molar-refractivity contribution in [2.45, 2.75) is 19.6 Å². The lowest BCUT2D eigenvalue weighted by molar-refractivity contribution is 0.0693. The van der Waals surface area contributed by atoms with Gasteiger partial charge in [0.05, 0.1) is 12.3 Å². The van der Waals surface area contributed by atoms with Gasteiger partial charge in [0.1, 0.15) is 22.9 Å². The van der Waals surface area contributed by atoms with Gasteiger partial charge < -0.3 is 23.9 Å². The van der Waals surface area contributed by atoms with E-state index in [0.29, 0.717) is 47.7 Å². The highest BCUT2D eigenvalue weighted by atomic mass is 31.0. The smallest absolute Gasteiger partial charge is 0.341 e. The quantitative estimate of drug-likeness (QED) is 0.419. The number of ether oxygens (including phenoxy) is 3. The lowest BCUT2D eigenvalue weighted by Gasteiger charge is -2.32. The number of methoxy groups -OCH3 is 1. The molecule has 0 saturated heterocycles. The van der Waals surface area contributed by atoms with Crippen LogP contribution in [0.1, 0.15) is 34.1 Å². The van der Waals surface area contributed by atoms with Crippen LogP contribution >= 0.6 is 9.24 Å². The summed E-state index contributed by atoms with van der Waals surface area (Å²) in [6.07, 6.45) is 0.895. The predicted molar refractivity (Wildman–Crippen MR) is 124 cm³/mol. The molecule has 1 N–H and O–H groups in total. The normalized spacial score (nSPS) is 14.2. The zero-order valence-corrected chi connectivity index (χ0v) is 19.3. The molecule has 2 unspecified atom stereocenters. The first kappa shape index (κ1) is 23.0. The van der Waals surface area contributed by atoms with Crippen molar-refractivity contribution in [3.63, 3.8) is 0 Å². The largest absolute Gasteiger partial charge is 0.493 e. The van der Waals surface area contributed by atoms with E-state index in [4.69, 9.17) is 14.2 Å². The van der Waals surface area contributed by atoms with Gasteiger partial charge in [-0.1, -0.05) is 6.07 Å². The molecule has 0 bridgehead atoms. The van der Waals surface area contributed by atoms with Crippen molar-refractivity contribution in [3.8, 4) is 22.8 Å². The third-order valence-corrected chi connectivity index (χ3v) is 5.75. The molecule has 172 valence electrons. The fraction of sp³-hybridized carbons (Fsp3) is 0.250. The Morgan fingerprint density at radius 1 is 1.24 bits per heavy atom. The molecular formula is C24H23FNO6P. The lowest BCUT2D eigenvalue weighted by Crippen LogP contribution is -2.28. The number of fused-ring (bicyclic) bond motifs is 3. The molecule has 2 aromatic carbocycles. The summed E-state index contributed by atoms with van der Waals surface area (Å²) >= 11 is 0. The van der Waals surface area contributed by atoms with Crippen LogP contribution in [0, 0.1) is 12.7 Å². The van der Waals surface area contributed by atoms with Crippen molar-refractivity contribution in [2.75, 3.05) is 20.3 Å². The molecule has 0 radical (unpaired) electrons. The summed E-state index contributed by atoms with van der Waals surface area (Å²) in [5.74, 6) is -0.872. The molecule has 33 heavy (non-hydrogen) atoms. The Bertz CT molecular complexity index is 1290. The number of aryl methyl sites for hydroxylation is 1. The minimum absolute atomic E-state index is 0.205. The average Bonchev–Trinajstić information content (AvgIpc) is 2.76. The number of pyridine rings is 1. The SMILES string of the molecule is COCCCOc1cc2c(cc1C)-c1cc(=O)c(C(=O)O)cn1C(c1ccc(P)cc1F)O2. The summed E-state index contributed by atoms with van der Waals surface area (Å²) in [7, 11) is 4.04. The Balaban J connectivity index is 1.86. The molecule has 1 aromatic heterocycles. The van der Waals surface area contributed by atoms with Crippen LogP contribution in [0.15, 0.2) is 47.4 Å². The summed E-state index contributed by atoms with van der Waals surface area (Å²) in [6, 6.07) is 9.40. The maximum absolute atomic E-state index is 14.9. The molecule has 0 spiro atoms. The van der Waals surface area contributed by atoms with E-state index in [1.165, 1.54) is 22.9 Å². The van der Waals surface area contributed by atoms with E-state index < -0.39 is 29.0 Å². The van der Waals surface area contributed by atoms with Crippen molar-refractivity contribution in [3.05, 3.63) is 75.3 Å². The maximum Gasteiger partial charge on any atom is 0.341 e. The number of carboxylic acids is 1. The second-order valence-electron chi connectivity index (χ2n) is 7.71. The summed E-state index contributed by atoms with van der Waals surface area (Å²) in [5, 5.41) is 10.1. The number of nitrogens with zero attached hydrogens (tertiary/aromatic N) is 1. The van der Waals surface area contributed by atoms with E-state index in [-0.39, 0.29) is 5.56 Å². The Kier molecular flexibility index (Phi) is 6.49. The van der Waals surface area contributed by atoms with Crippen LogP contribution < -0.4 is 20.2 Å². The van der Waals surface area contributed by atoms with Crippen LogP contribution in [0.25, 0.3) is 11.3 Å². The highest BCUT2D eigenvalue weighted by Crippen LogP contribution is 2.43. The van der Waals surface area contributed by atoms with E-state index in [0.717, 1.165) is 5.56 Å². The van der Waals surface area contributed by atoms with Gasteiger partial charge in [-0.2, -0.15) is 0 Å². The van der Waals surface area contributed by atoms with E-state index in [1.807, 2.05) is 13.0 Å². The third kappa shape index (κ3) is 4.49. The Morgan fingerprint density at radius 3 is 2.73 bits per heavy atom. The number of rotatable bonds is 7. The summed E-state index contributed by atoms with van der Waals surface area (Å²) < 4.78 is 33.5. The number of aromatic carboxylic acids is 1. The molecule has 7 nitrogen and oxygen atoms in total. The minimum Gasteiger partial charge on any atom is -0.493 e. The lowest BCUT2D eigenvalue weighted by atomic mass is 10.0. The van der Waals surface area contributed by atoms with Crippen LogP contribution in [0.5, 0.6) is 11.5 Å². The van der Waals surface area contributed by atoms with Gasteiger partial charge in [-0.3, -0.25) is 4.79 Å².